The molecule has 1 fully saturated rings. The minimum Gasteiger partial charge on any atom is -0.458 e. The van der Waals surface area contributed by atoms with Crippen molar-refractivity contribution in [1.29, 1.82) is 0 Å². The minimum absolute atomic E-state index is 0.0131. The topological polar surface area (TPSA) is 34.4 Å². The number of rotatable bonds is 1. The molecule has 3 rings (SSSR count). The zero-order chi connectivity index (χ0) is 12.6. The van der Waals surface area contributed by atoms with Crippen molar-refractivity contribution < 1.29 is 9.15 Å². The molecule has 1 unspecified atom stereocenters. The molecule has 1 aromatic heterocycles. The third kappa shape index (κ3) is 2.28. The van der Waals surface area contributed by atoms with Gasteiger partial charge in [-0.25, -0.2) is 0 Å². The van der Waals surface area contributed by atoms with E-state index in [1.54, 1.807) is 0 Å². The van der Waals surface area contributed by atoms with Gasteiger partial charge in [-0.2, -0.15) is 0 Å². The lowest BCUT2D eigenvalue weighted by Gasteiger charge is -2.21. The molecule has 18 heavy (non-hydrogen) atoms. The number of para-hydroxylation sites is 1. The first-order valence-corrected chi connectivity index (χ1v) is 6.45. The van der Waals surface area contributed by atoms with Crippen LogP contribution in [0.5, 0.6) is 0 Å². The molecule has 1 aromatic carbocycles. The summed E-state index contributed by atoms with van der Waals surface area (Å²) in [7, 11) is 0. The van der Waals surface area contributed by atoms with Crippen molar-refractivity contribution >= 4 is 11.0 Å². The van der Waals surface area contributed by atoms with Crippen LogP contribution in [0.2, 0.25) is 0 Å². The van der Waals surface area contributed by atoms with E-state index in [-0.39, 0.29) is 11.5 Å². The molecule has 2 heterocycles. The fraction of sp³-hybridized carbons (Fsp3) is 0.467. The van der Waals surface area contributed by atoms with Gasteiger partial charge in [-0.1, -0.05) is 32.0 Å². The summed E-state index contributed by atoms with van der Waals surface area (Å²) in [6.45, 7) is 6.96. The Morgan fingerprint density at radius 1 is 1.28 bits per heavy atom. The third-order valence-corrected chi connectivity index (χ3v) is 3.37. The van der Waals surface area contributed by atoms with Crippen molar-refractivity contribution in [2.45, 2.75) is 20.0 Å². The van der Waals surface area contributed by atoms with Crippen molar-refractivity contribution in [1.82, 2.24) is 5.32 Å². The first-order chi connectivity index (χ1) is 8.64. The molecule has 1 saturated heterocycles. The summed E-state index contributed by atoms with van der Waals surface area (Å²) in [6, 6.07) is 10.2. The second kappa shape index (κ2) is 4.41. The second-order valence-corrected chi connectivity index (χ2v) is 5.78. The fourth-order valence-corrected chi connectivity index (χ4v) is 2.32. The van der Waals surface area contributed by atoms with E-state index >= 15 is 0 Å². The molecule has 3 nitrogen and oxygen atoms in total. The van der Waals surface area contributed by atoms with Crippen LogP contribution in [-0.4, -0.2) is 19.7 Å². The first kappa shape index (κ1) is 11.8. The molecule has 0 radical (unpaired) electrons. The van der Waals surface area contributed by atoms with Crippen LogP contribution in [0.1, 0.15) is 25.7 Å². The van der Waals surface area contributed by atoms with Crippen LogP contribution in [0.25, 0.3) is 11.0 Å². The molecule has 96 valence electrons. The molecular weight excluding hydrogens is 226 g/mol. The zero-order valence-corrected chi connectivity index (χ0v) is 10.9. The Morgan fingerprint density at radius 2 is 2.11 bits per heavy atom. The predicted octanol–water partition coefficient (Wildman–Crippen LogP) is 3.12. The smallest absolute Gasteiger partial charge is 0.135 e. The maximum Gasteiger partial charge on any atom is 0.135 e. The number of ether oxygens (including phenoxy) is 1. The molecule has 0 spiro atoms. The SMILES string of the molecule is CC1(C)CNCC(c2cc3ccccc3o2)OC1. The molecule has 1 atom stereocenters. The van der Waals surface area contributed by atoms with Crippen LogP contribution in [0.3, 0.4) is 0 Å². The van der Waals surface area contributed by atoms with E-state index in [2.05, 4.69) is 31.3 Å². The van der Waals surface area contributed by atoms with E-state index in [9.17, 15) is 0 Å². The van der Waals surface area contributed by atoms with Crippen LogP contribution < -0.4 is 5.32 Å². The van der Waals surface area contributed by atoms with Gasteiger partial charge < -0.3 is 14.5 Å². The van der Waals surface area contributed by atoms with Crippen LogP contribution in [0, 0.1) is 5.41 Å². The lowest BCUT2D eigenvalue weighted by atomic mass is 9.95. The van der Waals surface area contributed by atoms with Gasteiger partial charge in [0.25, 0.3) is 0 Å². The fourth-order valence-electron chi connectivity index (χ4n) is 2.32. The lowest BCUT2D eigenvalue weighted by molar-refractivity contribution is 0.0155. The summed E-state index contributed by atoms with van der Waals surface area (Å²) in [5.41, 5.74) is 1.11. The highest BCUT2D eigenvalue weighted by Crippen LogP contribution is 2.29. The van der Waals surface area contributed by atoms with Crippen molar-refractivity contribution in [3.8, 4) is 0 Å². The average Bonchev–Trinajstić information content (AvgIpc) is 2.68. The predicted molar refractivity (Wildman–Crippen MR) is 71.6 cm³/mol. The molecule has 0 amide bonds. The number of fused-ring (bicyclic) bond motifs is 1. The van der Waals surface area contributed by atoms with Crippen molar-refractivity contribution in [3.63, 3.8) is 0 Å². The van der Waals surface area contributed by atoms with Crippen molar-refractivity contribution in [2.75, 3.05) is 19.7 Å². The third-order valence-electron chi connectivity index (χ3n) is 3.37. The Balaban J connectivity index is 1.85. The summed E-state index contributed by atoms with van der Waals surface area (Å²) in [5, 5.41) is 4.58. The van der Waals surface area contributed by atoms with Gasteiger partial charge in [0.15, 0.2) is 0 Å². The Kier molecular flexibility index (Phi) is 2.88. The number of nitrogens with one attached hydrogen (secondary N) is 1. The van der Waals surface area contributed by atoms with Crippen molar-refractivity contribution in [3.05, 3.63) is 36.1 Å². The van der Waals surface area contributed by atoms with Gasteiger partial charge in [-0.3, -0.25) is 0 Å². The molecule has 3 heteroatoms. The highest BCUT2D eigenvalue weighted by molar-refractivity contribution is 5.77. The minimum atomic E-state index is 0.0131. The van der Waals surface area contributed by atoms with Crippen LogP contribution in [-0.2, 0) is 4.74 Å². The largest absolute Gasteiger partial charge is 0.458 e. The monoisotopic (exact) mass is 245 g/mol. The number of hydrogen-bond acceptors (Lipinski definition) is 3. The molecule has 1 aliphatic rings. The van der Waals surface area contributed by atoms with E-state index in [0.717, 1.165) is 36.4 Å². The second-order valence-electron chi connectivity index (χ2n) is 5.78. The Morgan fingerprint density at radius 3 is 2.94 bits per heavy atom. The standard InChI is InChI=1S/C15H19NO2/c1-15(2)9-16-8-14(17-10-15)13-7-11-5-3-4-6-12(11)18-13/h3-7,14,16H,8-10H2,1-2H3. The average molecular weight is 245 g/mol. The number of furan rings is 1. The quantitative estimate of drug-likeness (QED) is 0.838. The van der Waals surface area contributed by atoms with Crippen LogP contribution >= 0.6 is 0 Å². The maximum atomic E-state index is 5.98. The van der Waals surface area contributed by atoms with Crippen molar-refractivity contribution in [2.24, 2.45) is 5.41 Å². The van der Waals surface area contributed by atoms with E-state index in [4.69, 9.17) is 9.15 Å². The summed E-state index contributed by atoms with van der Waals surface area (Å²) >= 11 is 0. The van der Waals surface area contributed by atoms with Gasteiger partial charge in [0.1, 0.15) is 17.4 Å². The van der Waals surface area contributed by atoms with Gasteiger partial charge in [-0.05, 0) is 12.1 Å². The van der Waals surface area contributed by atoms with Crippen LogP contribution in [0.15, 0.2) is 34.7 Å². The molecule has 0 bridgehead atoms. The molecular formula is C15H19NO2. The van der Waals surface area contributed by atoms with Crippen LogP contribution in [0.4, 0.5) is 0 Å². The maximum absolute atomic E-state index is 5.98. The highest BCUT2D eigenvalue weighted by Gasteiger charge is 2.27. The molecule has 1 N–H and O–H groups in total. The molecule has 0 aliphatic carbocycles. The molecule has 2 aromatic rings. The van der Waals surface area contributed by atoms with Gasteiger partial charge in [0.2, 0.25) is 0 Å². The molecule has 1 aliphatic heterocycles. The summed E-state index contributed by atoms with van der Waals surface area (Å²) < 4.78 is 11.8. The van der Waals surface area contributed by atoms with E-state index in [1.165, 1.54) is 0 Å². The highest BCUT2D eigenvalue weighted by atomic mass is 16.5. The van der Waals surface area contributed by atoms with Gasteiger partial charge in [0.05, 0.1) is 6.61 Å². The van der Waals surface area contributed by atoms with E-state index in [1.807, 2.05) is 18.2 Å². The van der Waals surface area contributed by atoms with Gasteiger partial charge >= 0.3 is 0 Å². The Labute approximate surface area is 107 Å². The first-order valence-electron chi connectivity index (χ1n) is 6.45. The normalized spacial score (nSPS) is 24.0. The number of hydrogen-bond donors (Lipinski definition) is 1. The summed E-state index contributed by atoms with van der Waals surface area (Å²) in [6.07, 6.45) is 0.0131. The van der Waals surface area contributed by atoms with Gasteiger partial charge in [-0.15, -0.1) is 0 Å². The zero-order valence-electron chi connectivity index (χ0n) is 10.9. The molecule has 0 saturated carbocycles. The van der Waals surface area contributed by atoms with E-state index in [0.29, 0.717) is 0 Å². The summed E-state index contributed by atoms with van der Waals surface area (Å²) in [4.78, 5) is 0. The summed E-state index contributed by atoms with van der Waals surface area (Å²) in [5.74, 6) is 0.918. The lowest BCUT2D eigenvalue weighted by Crippen LogP contribution is -2.29. The van der Waals surface area contributed by atoms with Gasteiger partial charge in [0, 0.05) is 23.9 Å². The Hall–Kier alpha value is -1.32. The Bertz CT molecular complexity index is 511. The number of benzene rings is 1. The van der Waals surface area contributed by atoms with E-state index < -0.39 is 0 Å².